The average Bonchev–Trinajstić information content (AvgIpc) is 2.61. The van der Waals surface area contributed by atoms with Crippen molar-refractivity contribution in [1.29, 1.82) is 0 Å². The number of rotatable bonds is 5. The highest BCUT2D eigenvalue weighted by molar-refractivity contribution is 7.92. The number of anilines is 2. The van der Waals surface area contributed by atoms with Crippen LogP contribution in [-0.4, -0.2) is 19.3 Å². The van der Waals surface area contributed by atoms with Gasteiger partial charge < -0.3 is 5.32 Å². The first-order valence-electron chi connectivity index (χ1n) is 7.64. The minimum Gasteiger partial charge on any atom is -0.322 e. The minimum absolute atomic E-state index is 0.0772. The van der Waals surface area contributed by atoms with Crippen molar-refractivity contribution in [2.75, 3.05) is 10.0 Å². The number of pyridine rings is 1. The molecule has 0 unspecified atom stereocenters. The Kier molecular flexibility index (Phi) is 5.65. The van der Waals surface area contributed by atoms with E-state index in [0.717, 1.165) is 0 Å². The number of benzene rings is 2. The first-order valence-corrected chi connectivity index (χ1v) is 9.88. The third-order valence-electron chi connectivity index (χ3n) is 3.46. The van der Waals surface area contributed by atoms with Crippen LogP contribution in [0.25, 0.3) is 0 Å². The van der Waals surface area contributed by atoms with E-state index in [-0.39, 0.29) is 32.1 Å². The Morgan fingerprint density at radius 2 is 1.56 bits per heavy atom. The highest BCUT2D eigenvalue weighted by Gasteiger charge is 2.17. The van der Waals surface area contributed by atoms with Gasteiger partial charge in [-0.05, 0) is 48.5 Å². The van der Waals surface area contributed by atoms with Gasteiger partial charge in [0.25, 0.3) is 15.9 Å². The van der Waals surface area contributed by atoms with E-state index in [1.54, 1.807) is 36.7 Å². The zero-order valence-electron chi connectivity index (χ0n) is 13.7. The lowest BCUT2D eigenvalue weighted by molar-refractivity contribution is 0.102. The second-order valence-corrected chi connectivity index (χ2v) is 8.04. The molecule has 0 saturated heterocycles. The fraction of sp³-hybridized carbons (Fsp3) is 0. The highest BCUT2D eigenvalue weighted by Crippen LogP contribution is 2.24. The van der Waals surface area contributed by atoms with Gasteiger partial charge in [0.05, 0.1) is 4.90 Å². The summed E-state index contributed by atoms with van der Waals surface area (Å²) >= 11 is 11.7. The number of carbonyl (C=O) groups is 1. The molecule has 0 aliphatic rings. The molecule has 0 fully saturated rings. The second-order valence-electron chi connectivity index (χ2n) is 5.48. The van der Waals surface area contributed by atoms with Gasteiger partial charge in [-0.2, -0.15) is 0 Å². The lowest BCUT2D eigenvalue weighted by Gasteiger charge is -2.10. The summed E-state index contributed by atoms with van der Waals surface area (Å²) in [5.41, 5.74) is 1.10. The van der Waals surface area contributed by atoms with Crippen LogP contribution in [0.5, 0.6) is 0 Å². The summed E-state index contributed by atoms with van der Waals surface area (Å²) in [6.07, 6.45) is 3.10. The second kappa shape index (κ2) is 7.96. The topological polar surface area (TPSA) is 88.2 Å². The Hall–Kier alpha value is -2.61. The van der Waals surface area contributed by atoms with E-state index in [0.29, 0.717) is 5.69 Å². The van der Waals surface area contributed by atoms with Crippen LogP contribution in [-0.2, 0) is 10.0 Å². The Bertz CT molecular complexity index is 1070. The maximum Gasteiger partial charge on any atom is 0.261 e. The molecule has 27 heavy (non-hydrogen) atoms. The lowest BCUT2D eigenvalue weighted by atomic mass is 10.2. The standard InChI is InChI=1S/C18H13Cl2N3O3S/c19-13-9-14(20)11-17(10-13)27(25,26)23-16-3-1-2-12(8-16)18(24)22-15-4-6-21-7-5-15/h1-11,23H,(H,21,22,24). The summed E-state index contributed by atoms with van der Waals surface area (Å²) in [6.45, 7) is 0. The predicted molar refractivity (Wildman–Crippen MR) is 106 cm³/mol. The number of amides is 1. The van der Waals surface area contributed by atoms with Gasteiger partial charge in [0, 0.05) is 39.4 Å². The maximum atomic E-state index is 12.5. The van der Waals surface area contributed by atoms with Crippen molar-refractivity contribution in [3.8, 4) is 0 Å². The first kappa shape index (κ1) is 19.2. The number of halogens is 2. The summed E-state index contributed by atoms with van der Waals surface area (Å²) < 4.78 is 27.5. The first-order chi connectivity index (χ1) is 12.8. The fourth-order valence-electron chi connectivity index (χ4n) is 2.26. The zero-order chi connectivity index (χ0) is 19.4. The normalized spacial score (nSPS) is 11.0. The summed E-state index contributed by atoms with van der Waals surface area (Å²) in [7, 11) is -3.92. The number of nitrogens with zero attached hydrogens (tertiary/aromatic N) is 1. The van der Waals surface area contributed by atoms with Crippen LogP contribution in [0.2, 0.25) is 10.0 Å². The molecule has 0 atom stereocenters. The van der Waals surface area contributed by atoms with Crippen LogP contribution >= 0.6 is 23.2 Å². The van der Waals surface area contributed by atoms with Crippen LogP contribution in [0.3, 0.4) is 0 Å². The van der Waals surface area contributed by atoms with Gasteiger partial charge >= 0.3 is 0 Å². The molecule has 3 rings (SSSR count). The van der Waals surface area contributed by atoms with Crippen LogP contribution in [0.4, 0.5) is 11.4 Å². The van der Waals surface area contributed by atoms with Gasteiger partial charge in [0.15, 0.2) is 0 Å². The van der Waals surface area contributed by atoms with Gasteiger partial charge in [-0.15, -0.1) is 0 Å². The Morgan fingerprint density at radius 1 is 0.889 bits per heavy atom. The van der Waals surface area contributed by atoms with Crippen LogP contribution in [0.1, 0.15) is 10.4 Å². The van der Waals surface area contributed by atoms with Crippen molar-refractivity contribution < 1.29 is 13.2 Å². The summed E-state index contributed by atoms with van der Waals surface area (Å²) in [5.74, 6) is -0.381. The lowest BCUT2D eigenvalue weighted by Crippen LogP contribution is -2.15. The molecule has 0 aliphatic heterocycles. The Balaban J connectivity index is 1.82. The maximum absolute atomic E-state index is 12.5. The Morgan fingerprint density at radius 3 is 2.22 bits per heavy atom. The SMILES string of the molecule is O=C(Nc1ccncc1)c1cccc(NS(=O)(=O)c2cc(Cl)cc(Cl)c2)c1. The van der Waals surface area contributed by atoms with E-state index >= 15 is 0 Å². The molecular weight excluding hydrogens is 409 g/mol. The van der Waals surface area contributed by atoms with Crippen molar-refractivity contribution in [3.05, 3.63) is 82.6 Å². The molecule has 0 bridgehead atoms. The third kappa shape index (κ3) is 4.97. The van der Waals surface area contributed by atoms with E-state index in [2.05, 4.69) is 15.0 Å². The molecule has 2 aromatic carbocycles. The van der Waals surface area contributed by atoms with Crippen molar-refractivity contribution in [1.82, 2.24) is 4.98 Å². The number of sulfonamides is 1. The molecule has 0 radical (unpaired) electrons. The van der Waals surface area contributed by atoms with Gasteiger partial charge in [0.2, 0.25) is 0 Å². The highest BCUT2D eigenvalue weighted by atomic mass is 35.5. The van der Waals surface area contributed by atoms with Gasteiger partial charge in [-0.1, -0.05) is 29.3 Å². The monoisotopic (exact) mass is 421 g/mol. The van der Waals surface area contributed by atoms with E-state index in [9.17, 15) is 13.2 Å². The van der Waals surface area contributed by atoms with Gasteiger partial charge in [-0.3, -0.25) is 14.5 Å². The van der Waals surface area contributed by atoms with Crippen LogP contribution in [0.15, 0.2) is 71.9 Å². The number of carbonyl (C=O) groups excluding carboxylic acids is 1. The largest absolute Gasteiger partial charge is 0.322 e. The van der Waals surface area contributed by atoms with Crippen molar-refractivity contribution in [2.45, 2.75) is 4.90 Å². The van der Waals surface area contributed by atoms with Gasteiger partial charge in [0.1, 0.15) is 0 Å². The molecule has 138 valence electrons. The molecule has 0 aliphatic carbocycles. The van der Waals surface area contributed by atoms with Crippen LogP contribution < -0.4 is 10.0 Å². The molecule has 0 spiro atoms. The average molecular weight is 422 g/mol. The van der Waals surface area contributed by atoms with E-state index in [4.69, 9.17) is 23.2 Å². The van der Waals surface area contributed by atoms with Crippen molar-refractivity contribution in [2.24, 2.45) is 0 Å². The summed E-state index contributed by atoms with van der Waals surface area (Å²) in [5, 5.41) is 3.11. The third-order valence-corrected chi connectivity index (χ3v) is 5.26. The van der Waals surface area contributed by atoms with Crippen LogP contribution in [0, 0.1) is 0 Å². The molecule has 9 heteroatoms. The predicted octanol–water partition coefficient (Wildman–Crippen LogP) is 4.44. The number of nitrogens with one attached hydrogen (secondary N) is 2. The fourth-order valence-corrected chi connectivity index (χ4v) is 4.03. The minimum atomic E-state index is -3.92. The molecule has 1 amide bonds. The quantitative estimate of drug-likeness (QED) is 0.636. The molecule has 1 heterocycles. The van der Waals surface area contributed by atoms with Crippen molar-refractivity contribution >= 4 is 50.5 Å². The molecule has 6 nitrogen and oxygen atoms in total. The number of hydrogen-bond donors (Lipinski definition) is 2. The summed E-state index contributed by atoms with van der Waals surface area (Å²) in [6, 6.07) is 13.4. The molecule has 3 aromatic rings. The smallest absolute Gasteiger partial charge is 0.261 e. The van der Waals surface area contributed by atoms with E-state index in [1.807, 2.05) is 0 Å². The Labute approximate surface area is 166 Å². The zero-order valence-corrected chi connectivity index (χ0v) is 16.0. The molecule has 2 N–H and O–H groups in total. The van der Waals surface area contributed by atoms with Crippen molar-refractivity contribution in [3.63, 3.8) is 0 Å². The van der Waals surface area contributed by atoms with E-state index < -0.39 is 10.0 Å². The van der Waals surface area contributed by atoms with E-state index in [1.165, 1.54) is 30.3 Å². The molecule has 1 aromatic heterocycles. The number of hydrogen-bond acceptors (Lipinski definition) is 4. The molecular formula is C18H13Cl2N3O3S. The summed E-state index contributed by atoms with van der Waals surface area (Å²) in [4.78, 5) is 16.1. The van der Waals surface area contributed by atoms with Gasteiger partial charge in [-0.25, -0.2) is 8.42 Å². The molecule has 0 saturated carbocycles. The number of aromatic nitrogens is 1.